The fraction of sp³-hybridized carbons (Fsp3) is 0.294. The highest BCUT2D eigenvalue weighted by atomic mass is 15.2. The van der Waals surface area contributed by atoms with Crippen molar-refractivity contribution in [2.45, 2.75) is 38.1 Å². The van der Waals surface area contributed by atoms with Gasteiger partial charge in [0.05, 0.1) is 33.5 Å². The first-order valence-corrected chi connectivity index (χ1v) is 14.4. The number of piperidine rings is 2. The summed E-state index contributed by atoms with van der Waals surface area (Å²) in [7, 11) is 0. The van der Waals surface area contributed by atoms with Crippen LogP contribution in [0.4, 0.5) is 11.4 Å². The smallest absolute Gasteiger partial charge is 0.0900 e. The molecule has 39 heavy (non-hydrogen) atoms. The summed E-state index contributed by atoms with van der Waals surface area (Å²) in [6, 6.07) is 34.5. The number of nitrogens with one attached hydrogen (secondary N) is 1. The van der Waals surface area contributed by atoms with Crippen molar-refractivity contribution in [3.05, 3.63) is 102 Å². The van der Waals surface area contributed by atoms with E-state index in [1.807, 2.05) is 6.07 Å². The van der Waals surface area contributed by atoms with Crippen LogP contribution in [0.3, 0.4) is 0 Å². The van der Waals surface area contributed by atoms with Crippen LogP contribution in [0.25, 0.3) is 28.1 Å². The number of hydrogen-bond donors (Lipinski definition) is 1. The third-order valence-corrected chi connectivity index (χ3v) is 8.49. The Kier molecular flexibility index (Phi) is 6.59. The number of nitrogens with zero attached hydrogens (tertiary/aromatic N) is 4. The number of anilines is 2. The Balaban J connectivity index is 1.39. The molecule has 2 fully saturated rings. The molecule has 5 heteroatoms. The van der Waals surface area contributed by atoms with E-state index in [4.69, 9.17) is 9.98 Å². The van der Waals surface area contributed by atoms with Gasteiger partial charge in [-0.25, -0.2) is 4.98 Å². The lowest BCUT2D eigenvalue weighted by Crippen LogP contribution is -2.48. The predicted molar refractivity (Wildman–Crippen MR) is 160 cm³/mol. The molecule has 7 rings (SSSR count). The van der Waals surface area contributed by atoms with Gasteiger partial charge in [0.15, 0.2) is 0 Å². The normalized spacial score (nSPS) is 20.3. The minimum absolute atomic E-state index is 0.621. The molecule has 3 heterocycles. The van der Waals surface area contributed by atoms with Gasteiger partial charge in [0.2, 0.25) is 0 Å². The van der Waals surface area contributed by atoms with Crippen LogP contribution in [0.5, 0.6) is 0 Å². The predicted octanol–water partition coefficient (Wildman–Crippen LogP) is 7.04. The molecule has 0 amide bonds. The highest BCUT2D eigenvalue weighted by molar-refractivity contribution is 5.84. The standard InChI is InChI=1S/C34H35N5/c1-3-13-26(14-4-1)36-30-22-31-34(23-29(30)35-24-25-12-11-21-38-20-10-9-18-32(25)38)39(27-15-5-2-6-16-27)33-19-8-7-17-28(33)37-31/h1-8,13-17,19,22-23,25,32,36H,9-12,18,20-21,24H2/t25-,32+/m0/s1. The molecule has 0 bridgehead atoms. The van der Waals surface area contributed by atoms with Gasteiger partial charge in [0.1, 0.15) is 0 Å². The molecule has 1 aliphatic carbocycles. The van der Waals surface area contributed by atoms with E-state index in [1.165, 1.54) is 45.2 Å². The first-order valence-electron chi connectivity index (χ1n) is 14.4. The molecule has 5 nitrogen and oxygen atoms in total. The van der Waals surface area contributed by atoms with E-state index in [2.05, 4.69) is 106 Å². The zero-order chi connectivity index (χ0) is 26.0. The van der Waals surface area contributed by atoms with Crippen molar-refractivity contribution in [1.29, 1.82) is 0 Å². The Morgan fingerprint density at radius 2 is 1.56 bits per heavy atom. The maximum Gasteiger partial charge on any atom is 0.0900 e. The highest BCUT2D eigenvalue weighted by Crippen LogP contribution is 2.32. The van der Waals surface area contributed by atoms with E-state index < -0.39 is 0 Å². The summed E-state index contributed by atoms with van der Waals surface area (Å²) in [5.74, 6) is 0.621. The van der Waals surface area contributed by atoms with Crippen molar-refractivity contribution in [3.8, 4) is 17.1 Å². The Labute approximate surface area is 230 Å². The van der Waals surface area contributed by atoms with Crippen LogP contribution >= 0.6 is 0 Å². The van der Waals surface area contributed by atoms with Crippen molar-refractivity contribution in [1.82, 2.24) is 14.5 Å². The van der Waals surface area contributed by atoms with Crippen molar-refractivity contribution in [3.63, 3.8) is 0 Å². The molecule has 3 aromatic rings. The quantitative estimate of drug-likeness (QED) is 0.256. The third kappa shape index (κ3) is 4.83. The maximum absolute atomic E-state index is 5.35. The topological polar surface area (TPSA) is 45.5 Å². The number of rotatable bonds is 5. The minimum atomic E-state index is 0.621. The lowest BCUT2D eigenvalue weighted by molar-refractivity contribution is 0.0631. The molecular weight excluding hydrogens is 478 g/mol. The van der Waals surface area contributed by atoms with Gasteiger partial charge >= 0.3 is 0 Å². The first kappa shape index (κ1) is 24.1. The number of para-hydroxylation sites is 4. The molecule has 0 radical (unpaired) electrons. The second-order valence-corrected chi connectivity index (χ2v) is 11.0. The molecule has 1 N–H and O–H groups in total. The molecule has 2 saturated heterocycles. The summed E-state index contributed by atoms with van der Waals surface area (Å²) in [6.07, 6.45) is 6.57. The Hall–Kier alpha value is -3.96. The van der Waals surface area contributed by atoms with Crippen LogP contribution in [-0.4, -0.2) is 40.1 Å². The Bertz CT molecular complexity index is 1610. The van der Waals surface area contributed by atoms with E-state index in [9.17, 15) is 0 Å². The van der Waals surface area contributed by atoms with Crippen LogP contribution < -0.4 is 10.7 Å². The van der Waals surface area contributed by atoms with Crippen LogP contribution in [0.15, 0.2) is 102 Å². The van der Waals surface area contributed by atoms with Gasteiger partial charge in [0.25, 0.3) is 0 Å². The summed E-state index contributed by atoms with van der Waals surface area (Å²) >= 11 is 0. The Morgan fingerprint density at radius 1 is 0.795 bits per heavy atom. The van der Waals surface area contributed by atoms with Gasteiger partial charge in [-0.2, -0.15) is 0 Å². The largest absolute Gasteiger partial charge is 0.354 e. The van der Waals surface area contributed by atoms with Crippen molar-refractivity contribution in [2.75, 3.05) is 25.0 Å². The maximum atomic E-state index is 5.35. The lowest BCUT2D eigenvalue weighted by atomic mass is 9.83. The van der Waals surface area contributed by atoms with Crippen molar-refractivity contribution >= 4 is 22.4 Å². The molecule has 196 valence electrons. The van der Waals surface area contributed by atoms with E-state index in [0.29, 0.717) is 12.0 Å². The van der Waals surface area contributed by atoms with E-state index in [1.54, 1.807) is 0 Å². The fourth-order valence-electron chi connectivity index (χ4n) is 6.61. The van der Waals surface area contributed by atoms with E-state index in [-0.39, 0.29) is 0 Å². The van der Waals surface area contributed by atoms with Crippen molar-refractivity contribution < 1.29 is 0 Å². The summed E-state index contributed by atoms with van der Waals surface area (Å²) in [4.78, 5) is 13.2. The third-order valence-electron chi connectivity index (χ3n) is 8.49. The van der Waals surface area contributed by atoms with Gasteiger partial charge in [-0.1, -0.05) is 55.0 Å². The van der Waals surface area contributed by atoms with Gasteiger partial charge < -0.3 is 14.8 Å². The molecule has 0 unspecified atom stereocenters. The SMILES string of the molecule is c1ccc(Nc2cc3nc4ccccc4n(-c4ccccc4)c-3cc2=NC[C@@H]2CCCN3CCCC[C@H]23)cc1. The lowest BCUT2D eigenvalue weighted by Gasteiger charge is -2.44. The van der Waals surface area contributed by atoms with Crippen LogP contribution in [0, 0.1) is 5.92 Å². The minimum Gasteiger partial charge on any atom is -0.354 e. The van der Waals surface area contributed by atoms with E-state index >= 15 is 0 Å². The van der Waals surface area contributed by atoms with Crippen LogP contribution in [0.1, 0.15) is 32.1 Å². The summed E-state index contributed by atoms with van der Waals surface area (Å²) < 4.78 is 2.33. The molecule has 0 aromatic heterocycles. The fourth-order valence-corrected chi connectivity index (χ4v) is 6.61. The zero-order valence-corrected chi connectivity index (χ0v) is 22.3. The second-order valence-electron chi connectivity index (χ2n) is 11.0. The summed E-state index contributed by atoms with van der Waals surface area (Å²) in [5, 5.41) is 4.66. The van der Waals surface area contributed by atoms with Gasteiger partial charge in [-0.15, -0.1) is 0 Å². The molecule has 2 atom stereocenters. The highest BCUT2D eigenvalue weighted by Gasteiger charge is 2.32. The summed E-state index contributed by atoms with van der Waals surface area (Å²) in [5.41, 5.74) is 7.28. The molecule has 0 spiro atoms. The van der Waals surface area contributed by atoms with Gasteiger partial charge in [-0.3, -0.25) is 4.99 Å². The van der Waals surface area contributed by atoms with Crippen LogP contribution in [-0.2, 0) is 0 Å². The number of hydrogen-bond acceptors (Lipinski definition) is 4. The second kappa shape index (κ2) is 10.7. The molecule has 4 aliphatic rings. The summed E-state index contributed by atoms with van der Waals surface area (Å²) in [6.45, 7) is 3.38. The van der Waals surface area contributed by atoms with Crippen molar-refractivity contribution in [2.24, 2.45) is 10.9 Å². The van der Waals surface area contributed by atoms with Gasteiger partial charge in [0, 0.05) is 24.0 Å². The van der Waals surface area contributed by atoms with Crippen LogP contribution in [0.2, 0.25) is 0 Å². The van der Waals surface area contributed by atoms with Gasteiger partial charge in [-0.05, 0) is 93.2 Å². The number of benzene rings is 4. The average molecular weight is 514 g/mol. The average Bonchev–Trinajstić information content (AvgIpc) is 3.00. The van der Waals surface area contributed by atoms with E-state index in [0.717, 1.165) is 51.4 Å². The molecular formula is C34H35N5. The number of fused-ring (bicyclic) bond motifs is 3. The first-order chi connectivity index (χ1) is 19.3. The number of aromatic nitrogens is 2. The molecule has 0 saturated carbocycles. The molecule has 3 aliphatic heterocycles. The monoisotopic (exact) mass is 513 g/mol. The Morgan fingerprint density at radius 3 is 2.44 bits per heavy atom. The molecule has 3 aromatic carbocycles. The zero-order valence-electron chi connectivity index (χ0n) is 22.3.